The minimum absolute atomic E-state index is 0.402. The molecule has 0 aromatic carbocycles. The van der Waals surface area contributed by atoms with Crippen LogP contribution in [0.2, 0.25) is 0 Å². The highest BCUT2D eigenvalue weighted by molar-refractivity contribution is 5.32. The molecule has 0 N–H and O–H groups in total. The van der Waals surface area contributed by atoms with Gasteiger partial charge in [0.05, 0.1) is 6.10 Å². The van der Waals surface area contributed by atoms with E-state index in [1.807, 2.05) is 7.11 Å². The van der Waals surface area contributed by atoms with Crippen LogP contribution in [0, 0.1) is 11.8 Å². The van der Waals surface area contributed by atoms with Crippen LogP contribution in [-0.2, 0) is 4.74 Å². The van der Waals surface area contributed by atoms with Crippen molar-refractivity contribution in [2.24, 2.45) is 11.8 Å². The van der Waals surface area contributed by atoms with Gasteiger partial charge in [-0.1, -0.05) is 30.2 Å². The van der Waals surface area contributed by atoms with E-state index < -0.39 is 0 Å². The molecule has 0 amide bonds. The lowest BCUT2D eigenvalue weighted by atomic mass is 9.91. The summed E-state index contributed by atoms with van der Waals surface area (Å²) in [5.41, 5.74) is 4.70. The summed E-state index contributed by atoms with van der Waals surface area (Å²) in [7, 11) is 1.82. The predicted octanol–water partition coefficient (Wildman–Crippen LogP) is 3.71. The monoisotopic (exact) mass is 206 g/mol. The minimum atomic E-state index is 0.402. The average Bonchev–Trinajstić information content (AvgIpc) is 2.42. The minimum Gasteiger partial charge on any atom is -0.381 e. The molecule has 0 aromatic rings. The fraction of sp³-hybridized carbons (Fsp3) is 0.714. The zero-order valence-electron chi connectivity index (χ0n) is 10.2. The first kappa shape index (κ1) is 10.9. The molecule has 0 aliphatic heterocycles. The number of hydrogen-bond donors (Lipinski definition) is 0. The topological polar surface area (TPSA) is 9.23 Å². The standard InChI is InChI=1S/C14H22O/c1-9-8-14-10(2)7-12(15-4)5-6-13(14)11(9)3/h9,12,14H,2,5-8H2,1,3-4H3. The van der Waals surface area contributed by atoms with Crippen LogP contribution in [0.25, 0.3) is 0 Å². The van der Waals surface area contributed by atoms with E-state index in [1.165, 1.54) is 24.8 Å². The zero-order chi connectivity index (χ0) is 11.0. The average molecular weight is 206 g/mol. The van der Waals surface area contributed by atoms with Gasteiger partial charge in [0, 0.05) is 13.0 Å². The Kier molecular flexibility index (Phi) is 3.01. The van der Waals surface area contributed by atoms with Crippen LogP contribution in [0.4, 0.5) is 0 Å². The summed E-state index contributed by atoms with van der Waals surface area (Å²) in [6.07, 6.45) is 5.14. The first-order valence-corrected chi connectivity index (χ1v) is 6.03. The van der Waals surface area contributed by atoms with Crippen molar-refractivity contribution in [3.8, 4) is 0 Å². The Morgan fingerprint density at radius 2 is 2.13 bits per heavy atom. The third kappa shape index (κ3) is 1.90. The number of methoxy groups -OCH3 is 1. The van der Waals surface area contributed by atoms with E-state index in [2.05, 4.69) is 20.4 Å². The summed E-state index contributed by atoms with van der Waals surface area (Å²) >= 11 is 0. The summed E-state index contributed by atoms with van der Waals surface area (Å²) < 4.78 is 5.49. The molecule has 0 heterocycles. The lowest BCUT2D eigenvalue weighted by Gasteiger charge is -2.16. The highest BCUT2D eigenvalue weighted by atomic mass is 16.5. The van der Waals surface area contributed by atoms with Gasteiger partial charge in [-0.25, -0.2) is 0 Å². The van der Waals surface area contributed by atoms with Crippen LogP contribution in [0.5, 0.6) is 0 Å². The first-order valence-electron chi connectivity index (χ1n) is 6.03. The second-order valence-corrected chi connectivity index (χ2v) is 5.16. The molecule has 1 saturated carbocycles. The molecule has 1 fully saturated rings. The van der Waals surface area contributed by atoms with Crippen molar-refractivity contribution < 1.29 is 4.74 Å². The Morgan fingerprint density at radius 3 is 2.80 bits per heavy atom. The lowest BCUT2D eigenvalue weighted by molar-refractivity contribution is 0.0975. The van der Waals surface area contributed by atoms with Gasteiger partial charge in [-0.3, -0.25) is 0 Å². The zero-order valence-corrected chi connectivity index (χ0v) is 10.2. The summed E-state index contributed by atoms with van der Waals surface area (Å²) in [6.45, 7) is 8.92. The normalized spacial score (nSPS) is 36.7. The smallest absolute Gasteiger partial charge is 0.0611 e. The van der Waals surface area contributed by atoms with Crippen molar-refractivity contribution in [3.05, 3.63) is 23.3 Å². The quantitative estimate of drug-likeness (QED) is 0.594. The molecule has 0 bridgehead atoms. The van der Waals surface area contributed by atoms with Crippen LogP contribution in [0.15, 0.2) is 23.3 Å². The van der Waals surface area contributed by atoms with Crippen molar-refractivity contribution in [1.82, 2.24) is 0 Å². The molecule has 3 unspecified atom stereocenters. The van der Waals surface area contributed by atoms with Gasteiger partial charge < -0.3 is 4.74 Å². The van der Waals surface area contributed by atoms with Gasteiger partial charge in [0.15, 0.2) is 0 Å². The third-order valence-electron chi connectivity index (χ3n) is 4.31. The van der Waals surface area contributed by atoms with Crippen molar-refractivity contribution in [2.45, 2.75) is 45.6 Å². The van der Waals surface area contributed by atoms with Crippen molar-refractivity contribution in [3.63, 3.8) is 0 Å². The van der Waals surface area contributed by atoms with Gasteiger partial charge in [-0.2, -0.15) is 0 Å². The number of allylic oxidation sites excluding steroid dienone is 2. The number of ether oxygens (including phenoxy) is 1. The molecule has 84 valence electrons. The maximum Gasteiger partial charge on any atom is 0.0611 e. The van der Waals surface area contributed by atoms with E-state index in [-0.39, 0.29) is 0 Å². The fourth-order valence-corrected chi connectivity index (χ4v) is 3.10. The number of rotatable bonds is 1. The lowest BCUT2D eigenvalue weighted by Crippen LogP contribution is -2.10. The highest BCUT2D eigenvalue weighted by Crippen LogP contribution is 2.45. The molecular weight excluding hydrogens is 184 g/mol. The molecule has 1 heteroatoms. The summed E-state index contributed by atoms with van der Waals surface area (Å²) in [5.74, 6) is 1.43. The molecule has 2 aliphatic carbocycles. The molecular formula is C14H22O. The Hall–Kier alpha value is -0.560. The summed E-state index contributed by atoms with van der Waals surface area (Å²) in [5, 5.41) is 0. The van der Waals surface area contributed by atoms with Gasteiger partial charge in [0.2, 0.25) is 0 Å². The molecule has 0 radical (unpaired) electrons. The van der Waals surface area contributed by atoms with Crippen molar-refractivity contribution in [2.75, 3.05) is 7.11 Å². The van der Waals surface area contributed by atoms with Crippen LogP contribution >= 0.6 is 0 Å². The number of hydrogen-bond acceptors (Lipinski definition) is 1. The maximum atomic E-state index is 5.49. The molecule has 3 atom stereocenters. The van der Waals surface area contributed by atoms with Gasteiger partial charge in [0.1, 0.15) is 0 Å². The second-order valence-electron chi connectivity index (χ2n) is 5.16. The first-order chi connectivity index (χ1) is 7.13. The van der Waals surface area contributed by atoms with E-state index in [1.54, 1.807) is 11.1 Å². The van der Waals surface area contributed by atoms with E-state index in [0.717, 1.165) is 12.3 Å². The Morgan fingerprint density at radius 1 is 1.40 bits per heavy atom. The number of fused-ring (bicyclic) bond motifs is 1. The highest BCUT2D eigenvalue weighted by Gasteiger charge is 2.33. The fourth-order valence-electron chi connectivity index (χ4n) is 3.10. The van der Waals surface area contributed by atoms with Gasteiger partial charge in [0.25, 0.3) is 0 Å². The van der Waals surface area contributed by atoms with Crippen LogP contribution in [0.3, 0.4) is 0 Å². The second kappa shape index (κ2) is 4.13. The third-order valence-corrected chi connectivity index (χ3v) is 4.31. The maximum absolute atomic E-state index is 5.49. The van der Waals surface area contributed by atoms with E-state index in [4.69, 9.17) is 4.74 Å². The van der Waals surface area contributed by atoms with Crippen LogP contribution in [0.1, 0.15) is 39.5 Å². The SMILES string of the molecule is C=C1CC(OC)CCC2=C(C)C(C)CC12. The molecule has 0 saturated heterocycles. The predicted molar refractivity (Wildman–Crippen MR) is 63.8 cm³/mol. The Bertz CT molecular complexity index is 300. The molecule has 15 heavy (non-hydrogen) atoms. The Balaban J connectivity index is 2.23. The van der Waals surface area contributed by atoms with Crippen molar-refractivity contribution in [1.29, 1.82) is 0 Å². The van der Waals surface area contributed by atoms with Crippen molar-refractivity contribution >= 4 is 0 Å². The van der Waals surface area contributed by atoms with E-state index in [0.29, 0.717) is 12.0 Å². The molecule has 2 aliphatic rings. The van der Waals surface area contributed by atoms with E-state index in [9.17, 15) is 0 Å². The Labute approximate surface area is 93.2 Å². The largest absolute Gasteiger partial charge is 0.381 e. The van der Waals surface area contributed by atoms with Crippen LogP contribution in [-0.4, -0.2) is 13.2 Å². The summed E-state index contributed by atoms with van der Waals surface area (Å²) in [4.78, 5) is 0. The summed E-state index contributed by atoms with van der Waals surface area (Å²) in [6, 6.07) is 0. The van der Waals surface area contributed by atoms with Gasteiger partial charge in [-0.05, 0) is 38.5 Å². The van der Waals surface area contributed by atoms with Gasteiger partial charge >= 0.3 is 0 Å². The molecule has 2 rings (SSSR count). The van der Waals surface area contributed by atoms with Gasteiger partial charge in [-0.15, -0.1) is 0 Å². The molecule has 1 nitrogen and oxygen atoms in total. The molecule has 0 spiro atoms. The molecule has 0 aromatic heterocycles. The van der Waals surface area contributed by atoms with Crippen LogP contribution < -0.4 is 0 Å². The van der Waals surface area contributed by atoms with E-state index >= 15 is 0 Å².